The molecule has 3 nitrogen and oxygen atoms in total. The van der Waals surface area contributed by atoms with E-state index < -0.39 is 0 Å². The van der Waals surface area contributed by atoms with Gasteiger partial charge in [-0.3, -0.25) is 0 Å². The van der Waals surface area contributed by atoms with Crippen LogP contribution in [0.3, 0.4) is 0 Å². The molecular formula is C12H15N3S. The summed E-state index contributed by atoms with van der Waals surface area (Å²) in [5.41, 5.74) is 1.32. The van der Waals surface area contributed by atoms with Crippen LogP contribution in [0.4, 0.5) is 0 Å². The van der Waals surface area contributed by atoms with Crippen LogP contribution in [0, 0.1) is 0 Å². The maximum atomic E-state index is 4.27. The number of thiophene rings is 1. The van der Waals surface area contributed by atoms with Crippen LogP contribution in [0.2, 0.25) is 0 Å². The minimum absolute atomic E-state index is 0.502. The Balaban J connectivity index is 1.82. The fraction of sp³-hybridized carbons (Fsp3) is 0.417. The summed E-state index contributed by atoms with van der Waals surface area (Å²) in [7, 11) is 0. The lowest BCUT2D eigenvalue weighted by Gasteiger charge is -2.13. The van der Waals surface area contributed by atoms with Gasteiger partial charge in [0.2, 0.25) is 0 Å². The summed E-state index contributed by atoms with van der Waals surface area (Å²) < 4.78 is 2.26. The van der Waals surface area contributed by atoms with E-state index in [1.165, 1.54) is 23.4 Å². The van der Waals surface area contributed by atoms with Crippen molar-refractivity contribution in [2.24, 2.45) is 0 Å². The number of hydrogen-bond donors (Lipinski definition) is 1. The van der Waals surface area contributed by atoms with E-state index >= 15 is 0 Å². The van der Waals surface area contributed by atoms with Gasteiger partial charge in [0.05, 0.1) is 18.6 Å². The van der Waals surface area contributed by atoms with Crippen molar-refractivity contribution >= 4 is 11.3 Å². The Bertz CT molecular complexity index is 441. The lowest BCUT2D eigenvalue weighted by atomic mass is 10.2. The number of nitrogens with zero attached hydrogens (tertiary/aromatic N) is 2. The van der Waals surface area contributed by atoms with Gasteiger partial charge in [0, 0.05) is 17.1 Å². The molecule has 1 fully saturated rings. The molecule has 0 aromatic carbocycles. The van der Waals surface area contributed by atoms with Crippen molar-refractivity contribution < 1.29 is 0 Å². The number of rotatable bonds is 3. The minimum atomic E-state index is 0.502. The highest BCUT2D eigenvalue weighted by Crippen LogP contribution is 2.23. The first kappa shape index (κ1) is 10.1. The molecule has 1 N–H and O–H groups in total. The van der Waals surface area contributed by atoms with Gasteiger partial charge >= 0.3 is 0 Å². The van der Waals surface area contributed by atoms with Crippen LogP contribution < -0.4 is 5.32 Å². The van der Waals surface area contributed by atoms with E-state index in [2.05, 4.69) is 32.4 Å². The monoisotopic (exact) mass is 233 g/mol. The molecule has 0 bridgehead atoms. The summed E-state index contributed by atoms with van der Waals surface area (Å²) in [6, 6.07) is 4.78. The Hall–Kier alpha value is -1.13. The highest BCUT2D eigenvalue weighted by Gasteiger charge is 2.19. The average molecular weight is 233 g/mol. The lowest BCUT2D eigenvalue weighted by molar-refractivity contribution is 0.586. The Morgan fingerprint density at radius 2 is 2.56 bits per heavy atom. The van der Waals surface area contributed by atoms with Crippen molar-refractivity contribution in [3.05, 3.63) is 40.6 Å². The van der Waals surface area contributed by atoms with E-state index in [0.29, 0.717) is 6.04 Å². The molecule has 0 radical (unpaired) electrons. The Kier molecular flexibility index (Phi) is 2.76. The zero-order valence-corrected chi connectivity index (χ0v) is 9.91. The van der Waals surface area contributed by atoms with Crippen LogP contribution in [0.25, 0.3) is 0 Å². The minimum Gasteiger partial charge on any atom is -0.328 e. The first-order valence-corrected chi connectivity index (χ1v) is 6.57. The second-order valence-corrected chi connectivity index (χ2v) is 5.21. The predicted molar refractivity (Wildman–Crippen MR) is 65.6 cm³/mol. The fourth-order valence-electron chi connectivity index (χ4n) is 2.26. The van der Waals surface area contributed by atoms with Gasteiger partial charge in [-0.15, -0.1) is 11.3 Å². The third kappa shape index (κ3) is 1.90. The molecule has 0 amide bonds. The maximum Gasteiger partial charge on any atom is 0.0952 e. The highest BCUT2D eigenvalue weighted by atomic mass is 32.1. The van der Waals surface area contributed by atoms with Crippen molar-refractivity contribution in [2.75, 3.05) is 6.54 Å². The van der Waals surface area contributed by atoms with Crippen LogP contribution in [0.1, 0.15) is 29.5 Å². The van der Waals surface area contributed by atoms with Gasteiger partial charge in [-0.2, -0.15) is 0 Å². The topological polar surface area (TPSA) is 29.9 Å². The zero-order chi connectivity index (χ0) is 10.8. The van der Waals surface area contributed by atoms with Crippen molar-refractivity contribution in [1.29, 1.82) is 0 Å². The van der Waals surface area contributed by atoms with E-state index in [1.807, 2.05) is 12.5 Å². The summed E-state index contributed by atoms with van der Waals surface area (Å²) in [4.78, 5) is 5.66. The fourth-order valence-corrected chi connectivity index (χ4v) is 2.96. The molecule has 1 atom stereocenters. The normalized spacial score (nSPS) is 20.4. The Labute approximate surface area is 99.1 Å². The van der Waals surface area contributed by atoms with Gasteiger partial charge in [0.15, 0.2) is 0 Å². The van der Waals surface area contributed by atoms with Crippen molar-refractivity contribution in [2.45, 2.75) is 25.4 Å². The lowest BCUT2D eigenvalue weighted by Crippen LogP contribution is -2.16. The maximum absolute atomic E-state index is 4.27. The Morgan fingerprint density at radius 1 is 1.56 bits per heavy atom. The molecule has 1 saturated heterocycles. The molecule has 4 heteroatoms. The second-order valence-electron chi connectivity index (χ2n) is 4.17. The number of hydrogen-bond acceptors (Lipinski definition) is 3. The molecule has 0 spiro atoms. The van der Waals surface area contributed by atoms with Crippen LogP contribution in [0.15, 0.2) is 30.0 Å². The van der Waals surface area contributed by atoms with Crippen molar-refractivity contribution in [3.63, 3.8) is 0 Å². The third-order valence-corrected chi connectivity index (χ3v) is 3.93. The van der Waals surface area contributed by atoms with E-state index in [0.717, 1.165) is 13.1 Å². The molecule has 1 aliphatic rings. The predicted octanol–water partition coefficient (Wildman–Crippen LogP) is 2.42. The van der Waals surface area contributed by atoms with Crippen LogP contribution in [-0.4, -0.2) is 16.1 Å². The van der Waals surface area contributed by atoms with Crippen LogP contribution >= 0.6 is 11.3 Å². The van der Waals surface area contributed by atoms with Gasteiger partial charge in [-0.1, -0.05) is 6.07 Å². The molecule has 84 valence electrons. The third-order valence-electron chi connectivity index (χ3n) is 3.07. The summed E-state index contributed by atoms with van der Waals surface area (Å²) in [6.07, 6.45) is 6.44. The van der Waals surface area contributed by atoms with Crippen molar-refractivity contribution in [3.8, 4) is 0 Å². The molecular weight excluding hydrogens is 218 g/mol. The van der Waals surface area contributed by atoms with Crippen LogP contribution in [0.5, 0.6) is 0 Å². The summed E-state index contributed by atoms with van der Waals surface area (Å²) in [5, 5.41) is 5.65. The van der Waals surface area contributed by atoms with Gasteiger partial charge in [-0.05, 0) is 30.8 Å². The molecule has 2 aromatic rings. The summed E-state index contributed by atoms with van der Waals surface area (Å²) in [6.45, 7) is 2.08. The molecule has 3 rings (SSSR count). The first-order chi connectivity index (χ1) is 7.93. The molecule has 16 heavy (non-hydrogen) atoms. The molecule has 1 aliphatic heterocycles. The second kappa shape index (κ2) is 4.39. The quantitative estimate of drug-likeness (QED) is 0.882. The summed E-state index contributed by atoms with van der Waals surface area (Å²) in [5.74, 6) is 0. The molecule has 2 aromatic heterocycles. The van der Waals surface area contributed by atoms with E-state index in [1.54, 1.807) is 11.3 Å². The zero-order valence-electron chi connectivity index (χ0n) is 9.10. The van der Waals surface area contributed by atoms with Gasteiger partial charge < -0.3 is 9.88 Å². The molecule has 3 heterocycles. The van der Waals surface area contributed by atoms with Crippen LogP contribution in [-0.2, 0) is 6.54 Å². The molecule has 0 aliphatic carbocycles. The Morgan fingerprint density at radius 3 is 3.31 bits per heavy atom. The largest absolute Gasteiger partial charge is 0.328 e. The van der Waals surface area contributed by atoms with E-state index in [-0.39, 0.29) is 0 Å². The van der Waals surface area contributed by atoms with Gasteiger partial charge in [0.1, 0.15) is 0 Å². The number of aromatic nitrogens is 2. The SMILES string of the molecule is c1csc(Cn2cncc2C2CCCN2)c1. The molecule has 1 unspecified atom stereocenters. The van der Waals surface area contributed by atoms with E-state index in [9.17, 15) is 0 Å². The standard InChI is InChI=1S/C12H15N3S/c1-4-11(14-5-1)12-7-13-9-15(12)8-10-3-2-6-16-10/h2-3,6-7,9,11,14H,1,4-5,8H2. The number of nitrogens with one attached hydrogen (secondary N) is 1. The van der Waals surface area contributed by atoms with E-state index in [4.69, 9.17) is 0 Å². The summed E-state index contributed by atoms with van der Waals surface area (Å²) >= 11 is 1.80. The van der Waals surface area contributed by atoms with Crippen molar-refractivity contribution in [1.82, 2.24) is 14.9 Å². The number of imidazole rings is 1. The highest BCUT2D eigenvalue weighted by molar-refractivity contribution is 7.09. The average Bonchev–Trinajstić information content (AvgIpc) is 2.98. The van der Waals surface area contributed by atoms with Gasteiger partial charge in [0.25, 0.3) is 0 Å². The molecule has 0 saturated carbocycles. The van der Waals surface area contributed by atoms with Gasteiger partial charge in [-0.25, -0.2) is 4.98 Å². The smallest absolute Gasteiger partial charge is 0.0952 e. The first-order valence-electron chi connectivity index (χ1n) is 5.69.